The maximum Gasteiger partial charge on any atom is 0.442 e. The number of nitrogens with zero attached hydrogens (tertiary/aromatic N) is 5. The molecule has 2 aromatic rings. The summed E-state index contributed by atoms with van der Waals surface area (Å²) in [6.45, 7) is 3.22. The van der Waals surface area contributed by atoms with Crippen LogP contribution in [0.5, 0.6) is 0 Å². The third kappa shape index (κ3) is 4.14. The van der Waals surface area contributed by atoms with Crippen molar-refractivity contribution in [1.29, 1.82) is 0 Å². The smallest absolute Gasteiger partial charge is 0.350 e. The summed E-state index contributed by atoms with van der Waals surface area (Å²) in [6, 6.07) is 0. The Kier molecular flexibility index (Phi) is 5.09. The fraction of sp³-hybridized carbons (Fsp3) is 0.462. The average Bonchev–Trinajstić information content (AvgIpc) is 3.10. The second-order valence-electron chi connectivity index (χ2n) is 5.18. The van der Waals surface area contributed by atoms with Gasteiger partial charge in [-0.25, -0.2) is 0 Å². The molecule has 12 heteroatoms. The number of amides is 1. The van der Waals surface area contributed by atoms with Gasteiger partial charge in [-0.1, -0.05) is 0 Å². The van der Waals surface area contributed by atoms with Gasteiger partial charge in [0.05, 0.1) is 11.1 Å². The van der Waals surface area contributed by atoms with E-state index >= 15 is 0 Å². The van der Waals surface area contributed by atoms with Crippen molar-refractivity contribution < 1.29 is 22.9 Å². The molecule has 0 aliphatic carbocycles. The van der Waals surface area contributed by atoms with Crippen LogP contribution in [0.3, 0.4) is 0 Å². The molecule has 9 nitrogen and oxygen atoms in total. The van der Waals surface area contributed by atoms with E-state index in [1.165, 1.54) is 0 Å². The number of carbonyl (C=O) groups excluding carboxylic acids is 1. The number of rotatable bonds is 6. The second-order valence-corrected chi connectivity index (χ2v) is 5.18. The average molecular weight is 360 g/mol. The summed E-state index contributed by atoms with van der Waals surface area (Å²) in [6.07, 6.45) is -1.72. The van der Waals surface area contributed by atoms with Crippen molar-refractivity contribution in [3.63, 3.8) is 0 Å². The lowest BCUT2D eigenvalue weighted by molar-refractivity contribution is -0.388. The minimum Gasteiger partial charge on any atom is -0.350 e. The number of halogens is 3. The molecular formula is C13H15F3N6O3. The zero-order valence-corrected chi connectivity index (χ0v) is 13.4. The highest BCUT2D eigenvalue weighted by Gasteiger charge is 2.44. The molecule has 0 aliphatic heterocycles. The van der Waals surface area contributed by atoms with Gasteiger partial charge >= 0.3 is 11.9 Å². The molecule has 2 aromatic heterocycles. The topological polar surface area (TPSA) is 108 Å². The minimum absolute atomic E-state index is 0.132. The van der Waals surface area contributed by atoms with Crippen molar-refractivity contribution in [2.75, 3.05) is 0 Å². The van der Waals surface area contributed by atoms with E-state index < -0.39 is 34.9 Å². The van der Waals surface area contributed by atoms with Crippen LogP contribution in [0.15, 0.2) is 12.4 Å². The lowest BCUT2D eigenvalue weighted by Crippen LogP contribution is -2.28. The van der Waals surface area contributed by atoms with E-state index in [0.29, 0.717) is 16.8 Å². The third-order valence-electron chi connectivity index (χ3n) is 3.42. The van der Waals surface area contributed by atoms with Gasteiger partial charge in [-0.05, 0) is 13.8 Å². The molecule has 136 valence electrons. The Bertz CT molecular complexity index is 796. The van der Waals surface area contributed by atoms with Gasteiger partial charge in [-0.3, -0.25) is 24.3 Å². The Labute approximate surface area is 139 Å². The monoisotopic (exact) mass is 360 g/mol. The maximum absolute atomic E-state index is 12.9. The molecule has 0 aliphatic rings. The van der Waals surface area contributed by atoms with E-state index in [2.05, 4.69) is 15.5 Å². The molecule has 0 radical (unpaired) electrons. The molecule has 0 saturated carbocycles. The number of aromatic nitrogens is 4. The van der Waals surface area contributed by atoms with Crippen molar-refractivity contribution in [2.45, 2.75) is 39.7 Å². The lowest BCUT2D eigenvalue weighted by atomic mass is 10.3. The van der Waals surface area contributed by atoms with Gasteiger partial charge in [-0.15, -0.1) is 0 Å². The molecule has 1 N–H and O–H groups in total. The van der Waals surface area contributed by atoms with E-state index in [0.717, 1.165) is 6.92 Å². The molecule has 0 atom stereocenters. The summed E-state index contributed by atoms with van der Waals surface area (Å²) in [4.78, 5) is 21.6. The van der Waals surface area contributed by atoms with Crippen LogP contribution in [0.2, 0.25) is 0 Å². The van der Waals surface area contributed by atoms with Crippen molar-refractivity contribution in [3.05, 3.63) is 39.5 Å². The maximum atomic E-state index is 12.9. The second kappa shape index (κ2) is 6.91. The number of nitro groups is 1. The zero-order valence-electron chi connectivity index (χ0n) is 13.4. The summed E-state index contributed by atoms with van der Waals surface area (Å²) < 4.78 is 40.9. The van der Waals surface area contributed by atoms with Crippen LogP contribution in [0.4, 0.5) is 18.9 Å². The van der Waals surface area contributed by atoms with E-state index in [9.17, 15) is 28.1 Å². The Morgan fingerprint density at radius 1 is 1.44 bits per heavy atom. The Morgan fingerprint density at radius 2 is 2.12 bits per heavy atom. The van der Waals surface area contributed by atoms with Crippen LogP contribution in [-0.2, 0) is 30.6 Å². The van der Waals surface area contributed by atoms with E-state index in [1.807, 2.05) is 6.92 Å². The first-order valence-electron chi connectivity index (χ1n) is 7.20. The quantitative estimate of drug-likeness (QED) is 0.622. The summed E-state index contributed by atoms with van der Waals surface area (Å²) in [5.41, 5.74) is -2.39. The molecule has 1 amide bonds. The zero-order chi connectivity index (χ0) is 18.8. The van der Waals surface area contributed by atoms with Crippen molar-refractivity contribution >= 4 is 11.6 Å². The van der Waals surface area contributed by atoms with E-state index in [-0.39, 0.29) is 12.2 Å². The standard InChI is InChI=1S/C13H15F3N6O3/c1-3-20-6-9(5-18-20)4-17-10(23)7-21-8(2)11(22(24)25)12(19-21)13(14,15)16/h5-6H,3-4,7H2,1-2H3,(H,17,23). The summed E-state index contributed by atoms with van der Waals surface area (Å²) in [7, 11) is 0. The molecule has 2 heterocycles. The first-order valence-corrected chi connectivity index (χ1v) is 7.20. The number of aryl methyl sites for hydroxylation is 1. The normalized spacial score (nSPS) is 11.6. The molecule has 0 fully saturated rings. The third-order valence-corrected chi connectivity index (χ3v) is 3.42. The highest BCUT2D eigenvalue weighted by atomic mass is 19.4. The van der Waals surface area contributed by atoms with Crippen molar-refractivity contribution in [3.8, 4) is 0 Å². The van der Waals surface area contributed by atoms with Crippen LogP contribution in [-0.4, -0.2) is 30.4 Å². The van der Waals surface area contributed by atoms with Gasteiger partial charge in [0.2, 0.25) is 11.6 Å². The first kappa shape index (κ1) is 18.4. The molecule has 0 aromatic carbocycles. The number of alkyl halides is 3. The highest BCUT2D eigenvalue weighted by Crippen LogP contribution is 2.36. The van der Waals surface area contributed by atoms with Crippen LogP contribution < -0.4 is 5.32 Å². The summed E-state index contributed by atoms with van der Waals surface area (Å²) in [5, 5.41) is 20.6. The number of hydrogen-bond acceptors (Lipinski definition) is 5. The van der Waals surface area contributed by atoms with Gasteiger partial charge in [0.15, 0.2) is 0 Å². The van der Waals surface area contributed by atoms with E-state index in [1.54, 1.807) is 17.1 Å². The molecule has 25 heavy (non-hydrogen) atoms. The SMILES string of the molecule is CCn1cc(CNC(=O)Cn2nc(C(F)(F)F)c([N+](=O)[O-])c2C)cn1. The van der Waals surface area contributed by atoms with Crippen LogP contribution in [0.25, 0.3) is 0 Å². The molecule has 0 unspecified atom stereocenters. The first-order chi connectivity index (χ1) is 11.6. The fourth-order valence-corrected chi connectivity index (χ4v) is 2.16. The largest absolute Gasteiger partial charge is 0.442 e. The van der Waals surface area contributed by atoms with Gasteiger partial charge < -0.3 is 5.32 Å². The summed E-state index contributed by atoms with van der Waals surface area (Å²) >= 11 is 0. The molecular weight excluding hydrogens is 345 g/mol. The van der Waals surface area contributed by atoms with Crippen LogP contribution in [0, 0.1) is 17.0 Å². The Hall–Kier alpha value is -2.92. The van der Waals surface area contributed by atoms with Gasteiger partial charge in [0.1, 0.15) is 12.2 Å². The predicted octanol–water partition coefficient (Wildman–Crippen LogP) is 1.65. The van der Waals surface area contributed by atoms with Gasteiger partial charge in [0.25, 0.3) is 0 Å². The highest BCUT2D eigenvalue weighted by molar-refractivity contribution is 5.75. The molecule has 0 saturated heterocycles. The fourth-order valence-electron chi connectivity index (χ4n) is 2.16. The van der Waals surface area contributed by atoms with Gasteiger partial charge in [-0.2, -0.15) is 23.4 Å². The minimum atomic E-state index is -4.98. The van der Waals surface area contributed by atoms with Crippen molar-refractivity contribution in [1.82, 2.24) is 24.9 Å². The number of nitrogens with one attached hydrogen (secondary N) is 1. The van der Waals surface area contributed by atoms with Crippen LogP contribution >= 0.6 is 0 Å². The van der Waals surface area contributed by atoms with Gasteiger partial charge in [0, 0.05) is 24.8 Å². The van der Waals surface area contributed by atoms with Crippen molar-refractivity contribution in [2.24, 2.45) is 0 Å². The Balaban J connectivity index is 2.11. The molecule has 0 spiro atoms. The summed E-state index contributed by atoms with van der Waals surface area (Å²) in [5.74, 6) is -0.626. The number of hydrogen-bond donors (Lipinski definition) is 1. The molecule has 2 rings (SSSR count). The number of carbonyl (C=O) groups is 1. The lowest BCUT2D eigenvalue weighted by Gasteiger charge is -2.05. The van der Waals surface area contributed by atoms with Crippen LogP contribution in [0.1, 0.15) is 23.9 Å². The predicted molar refractivity (Wildman–Crippen MR) is 78.4 cm³/mol. The Morgan fingerprint density at radius 3 is 2.60 bits per heavy atom. The van der Waals surface area contributed by atoms with E-state index in [4.69, 9.17) is 0 Å². The molecule has 0 bridgehead atoms.